The highest BCUT2D eigenvalue weighted by molar-refractivity contribution is 7.90. The molecule has 1 fully saturated rings. The minimum atomic E-state index is -3.55. The largest absolute Gasteiger partial charge is 0.327 e. The number of hydrogen-bond acceptors (Lipinski definition) is 3. The van der Waals surface area contributed by atoms with Gasteiger partial charge < -0.3 is 4.57 Å². The second kappa shape index (κ2) is 8.87. The normalized spacial score (nSPS) is 16.5. The average Bonchev–Trinajstić information content (AvgIpc) is 3.07. The summed E-state index contributed by atoms with van der Waals surface area (Å²) in [7, 11) is -1.92. The Hall–Kier alpha value is -1.60. The van der Waals surface area contributed by atoms with Crippen molar-refractivity contribution in [2.75, 3.05) is 24.4 Å². The van der Waals surface area contributed by atoms with Gasteiger partial charge >= 0.3 is 10.2 Å². The molecule has 0 saturated heterocycles. The maximum absolute atomic E-state index is 12.9. The Balaban J connectivity index is 2.02. The van der Waals surface area contributed by atoms with Crippen molar-refractivity contribution in [1.82, 2.24) is 13.9 Å². The molecule has 3 rings (SSSR count). The fourth-order valence-electron chi connectivity index (χ4n) is 4.56. The highest BCUT2D eigenvalue weighted by atomic mass is 32.2. The molecular weight excluding hydrogens is 396 g/mol. The predicted molar refractivity (Wildman–Crippen MR) is 125 cm³/mol. The molecule has 0 unspecified atom stereocenters. The number of anilines is 1. The van der Waals surface area contributed by atoms with E-state index in [1.54, 1.807) is 7.05 Å². The Kier molecular flexibility index (Phi) is 6.82. The van der Waals surface area contributed by atoms with Crippen LogP contribution in [0.25, 0.3) is 11.0 Å². The van der Waals surface area contributed by atoms with Crippen molar-refractivity contribution in [2.45, 2.75) is 78.7 Å². The van der Waals surface area contributed by atoms with Crippen molar-refractivity contribution in [1.29, 1.82) is 0 Å². The monoisotopic (exact) mass is 434 g/mol. The molecule has 1 aromatic carbocycles. The lowest BCUT2D eigenvalue weighted by atomic mass is 9.88. The van der Waals surface area contributed by atoms with Crippen LogP contribution in [0.4, 0.5) is 5.69 Å². The van der Waals surface area contributed by atoms with Crippen LogP contribution in [0.2, 0.25) is 0 Å². The molecule has 6 nitrogen and oxygen atoms in total. The summed E-state index contributed by atoms with van der Waals surface area (Å²) in [4.78, 5) is 4.99. The molecule has 1 aliphatic carbocycles. The van der Waals surface area contributed by atoms with Gasteiger partial charge in [0.1, 0.15) is 5.82 Å². The Bertz CT molecular complexity index is 965. The fraction of sp³-hybridized carbons (Fsp3) is 0.696. The maximum Gasteiger partial charge on any atom is 0.303 e. The standard InChI is InChI=1S/C23H38N4O2S/c1-7-26(8-2)30(28,29)25(6)19-14-15-21-20(16-19)24-22(23(3,4)5)27(21)17-18-12-10-9-11-13-18/h14-16,18H,7-13,17H2,1-6H3. The van der Waals surface area contributed by atoms with Crippen LogP contribution in [0.5, 0.6) is 0 Å². The zero-order chi connectivity index (χ0) is 22.1. The predicted octanol–water partition coefficient (Wildman–Crippen LogP) is 4.94. The Morgan fingerprint density at radius 2 is 1.73 bits per heavy atom. The molecule has 0 radical (unpaired) electrons. The van der Waals surface area contributed by atoms with Crippen molar-refractivity contribution in [3.63, 3.8) is 0 Å². The van der Waals surface area contributed by atoms with Crippen LogP contribution in [-0.2, 0) is 22.2 Å². The summed E-state index contributed by atoms with van der Waals surface area (Å²) in [6.45, 7) is 12.2. The van der Waals surface area contributed by atoms with Crippen molar-refractivity contribution < 1.29 is 8.42 Å². The minimum Gasteiger partial charge on any atom is -0.327 e. The van der Waals surface area contributed by atoms with E-state index in [1.807, 2.05) is 32.0 Å². The first kappa shape index (κ1) is 23.1. The van der Waals surface area contributed by atoms with E-state index in [4.69, 9.17) is 4.98 Å². The molecule has 1 aliphatic rings. The summed E-state index contributed by atoms with van der Waals surface area (Å²) in [5.74, 6) is 1.78. The van der Waals surface area contributed by atoms with E-state index in [-0.39, 0.29) is 5.41 Å². The van der Waals surface area contributed by atoms with E-state index in [0.717, 1.165) is 23.4 Å². The van der Waals surface area contributed by atoms with E-state index >= 15 is 0 Å². The second-order valence-electron chi connectivity index (χ2n) is 9.53. The molecule has 0 bridgehead atoms. The summed E-state index contributed by atoms with van der Waals surface area (Å²) in [6.07, 6.45) is 6.56. The van der Waals surface area contributed by atoms with Gasteiger partial charge in [-0.2, -0.15) is 12.7 Å². The van der Waals surface area contributed by atoms with E-state index in [2.05, 4.69) is 25.3 Å². The fourth-order valence-corrected chi connectivity index (χ4v) is 5.93. The molecule has 1 saturated carbocycles. The lowest BCUT2D eigenvalue weighted by Crippen LogP contribution is -2.41. The molecule has 168 valence electrons. The maximum atomic E-state index is 12.9. The number of aromatic nitrogens is 2. The van der Waals surface area contributed by atoms with Crippen LogP contribution in [0.3, 0.4) is 0 Å². The first-order chi connectivity index (χ1) is 14.1. The van der Waals surface area contributed by atoms with Crippen LogP contribution in [0, 0.1) is 5.92 Å². The van der Waals surface area contributed by atoms with Gasteiger partial charge in [-0.1, -0.05) is 53.9 Å². The van der Waals surface area contributed by atoms with Gasteiger partial charge in [-0.15, -0.1) is 0 Å². The number of rotatable bonds is 7. The molecule has 2 aromatic rings. The first-order valence-electron chi connectivity index (χ1n) is 11.3. The molecule has 0 spiro atoms. The van der Waals surface area contributed by atoms with Gasteiger partial charge in [-0.05, 0) is 37.0 Å². The molecule has 30 heavy (non-hydrogen) atoms. The minimum absolute atomic E-state index is 0.0763. The number of hydrogen-bond donors (Lipinski definition) is 0. The number of nitrogens with zero attached hydrogens (tertiary/aromatic N) is 4. The van der Waals surface area contributed by atoms with Gasteiger partial charge in [-0.25, -0.2) is 4.98 Å². The van der Waals surface area contributed by atoms with E-state index in [9.17, 15) is 8.42 Å². The van der Waals surface area contributed by atoms with Crippen molar-refractivity contribution in [3.8, 4) is 0 Å². The molecule has 0 atom stereocenters. The second-order valence-corrected chi connectivity index (χ2v) is 11.5. The smallest absolute Gasteiger partial charge is 0.303 e. The van der Waals surface area contributed by atoms with Crippen LogP contribution >= 0.6 is 0 Å². The van der Waals surface area contributed by atoms with Gasteiger partial charge in [0.05, 0.1) is 16.7 Å². The van der Waals surface area contributed by atoms with Gasteiger partial charge in [0, 0.05) is 32.1 Å². The topological polar surface area (TPSA) is 58.4 Å². The SMILES string of the molecule is CCN(CC)S(=O)(=O)N(C)c1ccc2c(c1)nc(C(C)(C)C)n2CC1CCCCC1. The molecule has 7 heteroatoms. The van der Waals surface area contributed by atoms with E-state index in [1.165, 1.54) is 40.7 Å². The van der Waals surface area contributed by atoms with Crippen molar-refractivity contribution in [2.24, 2.45) is 5.92 Å². The summed E-state index contributed by atoms with van der Waals surface area (Å²) in [6, 6.07) is 5.88. The third-order valence-electron chi connectivity index (χ3n) is 6.31. The molecule has 0 aliphatic heterocycles. The highest BCUT2D eigenvalue weighted by Crippen LogP contribution is 2.33. The van der Waals surface area contributed by atoms with Crippen LogP contribution in [-0.4, -0.2) is 42.4 Å². The zero-order valence-corrected chi connectivity index (χ0v) is 20.3. The third-order valence-corrected chi connectivity index (χ3v) is 8.38. The Labute approximate surface area is 182 Å². The third kappa shape index (κ3) is 4.52. The van der Waals surface area contributed by atoms with Crippen LogP contribution in [0.1, 0.15) is 72.5 Å². The highest BCUT2D eigenvalue weighted by Gasteiger charge is 2.28. The van der Waals surface area contributed by atoms with Crippen LogP contribution < -0.4 is 4.31 Å². The van der Waals surface area contributed by atoms with Crippen molar-refractivity contribution in [3.05, 3.63) is 24.0 Å². The summed E-state index contributed by atoms with van der Waals surface area (Å²) in [5.41, 5.74) is 2.54. The van der Waals surface area contributed by atoms with Gasteiger partial charge in [0.15, 0.2) is 0 Å². The number of fused-ring (bicyclic) bond motifs is 1. The Morgan fingerprint density at radius 1 is 1.10 bits per heavy atom. The average molecular weight is 435 g/mol. The van der Waals surface area contributed by atoms with Gasteiger partial charge in [-0.3, -0.25) is 4.31 Å². The molecule has 0 N–H and O–H groups in total. The summed E-state index contributed by atoms with van der Waals surface area (Å²) in [5, 5.41) is 0. The van der Waals surface area contributed by atoms with E-state index < -0.39 is 10.2 Å². The van der Waals surface area contributed by atoms with E-state index in [0.29, 0.717) is 24.7 Å². The summed E-state index contributed by atoms with van der Waals surface area (Å²) < 4.78 is 31.1. The first-order valence-corrected chi connectivity index (χ1v) is 12.7. The summed E-state index contributed by atoms with van der Waals surface area (Å²) >= 11 is 0. The molecule has 1 heterocycles. The number of benzene rings is 1. The van der Waals surface area contributed by atoms with Gasteiger partial charge in [0.2, 0.25) is 0 Å². The lowest BCUT2D eigenvalue weighted by Gasteiger charge is -2.27. The Morgan fingerprint density at radius 3 is 2.30 bits per heavy atom. The van der Waals surface area contributed by atoms with Crippen LogP contribution in [0.15, 0.2) is 18.2 Å². The molecule has 1 aromatic heterocycles. The number of imidazole rings is 1. The van der Waals surface area contributed by atoms with Gasteiger partial charge in [0.25, 0.3) is 0 Å². The lowest BCUT2D eigenvalue weighted by molar-refractivity contribution is 0.313. The quantitative estimate of drug-likeness (QED) is 0.620. The zero-order valence-electron chi connectivity index (χ0n) is 19.5. The molecular formula is C23H38N4O2S. The molecule has 0 amide bonds. The van der Waals surface area contributed by atoms with Crippen molar-refractivity contribution >= 4 is 26.9 Å².